The van der Waals surface area contributed by atoms with Crippen LogP contribution >= 0.6 is 0 Å². The molecule has 1 N–H and O–H groups in total. The summed E-state index contributed by atoms with van der Waals surface area (Å²) in [7, 11) is 0. The summed E-state index contributed by atoms with van der Waals surface area (Å²) in [6, 6.07) is 19.2. The van der Waals surface area contributed by atoms with Crippen LogP contribution in [0.3, 0.4) is 0 Å². The molecule has 156 valence electrons. The predicted molar refractivity (Wildman–Crippen MR) is 109 cm³/mol. The van der Waals surface area contributed by atoms with Gasteiger partial charge in [0.05, 0.1) is 32.5 Å². The van der Waals surface area contributed by atoms with Crippen LogP contribution in [-0.4, -0.2) is 37.7 Å². The Balaban J connectivity index is 1.53. The molecule has 1 saturated heterocycles. The first-order chi connectivity index (χ1) is 14.1. The molecule has 0 bridgehead atoms. The summed E-state index contributed by atoms with van der Waals surface area (Å²) in [5, 5.41) is 2.90. The molecular formula is C23H29NO5. The molecule has 1 aliphatic heterocycles. The number of amides is 1. The highest BCUT2D eigenvalue weighted by atomic mass is 16.7. The average molecular weight is 399 g/mol. The molecule has 0 spiro atoms. The highest BCUT2D eigenvalue weighted by molar-refractivity contribution is 5.67. The van der Waals surface area contributed by atoms with E-state index in [-0.39, 0.29) is 12.6 Å². The van der Waals surface area contributed by atoms with Gasteiger partial charge in [-0.3, -0.25) is 0 Å². The number of ether oxygens (including phenoxy) is 4. The fourth-order valence-electron chi connectivity index (χ4n) is 3.22. The zero-order valence-electron chi connectivity index (χ0n) is 16.8. The Morgan fingerprint density at radius 1 is 1.00 bits per heavy atom. The van der Waals surface area contributed by atoms with E-state index in [4.69, 9.17) is 18.9 Å². The van der Waals surface area contributed by atoms with Crippen LogP contribution in [0.5, 0.6) is 0 Å². The van der Waals surface area contributed by atoms with Crippen molar-refractivity contribution in [2.45, 2.75) is 44.8 Å². The SMILES string of the molecule is CC1(C[C@@H](COCc2ccccc2)NC(=O)OCc2ccccc2)OCCCO1. The van der Waals surface area contributed by atoms with Crippen molar-refractivity contribution < 1.29 is 23.7 Å². The predicted octanol–water partition coefficient (Wildman–Crippen LogP) is 4.04. The first-order valence-electron chi connectivity index (χ1n) is 10.00. The molecule has 6 nitrogen and oxygen atoms in total. The van der Waals surface area contributed by atoms with Gasteiger partial charge < -0.3 is 24.3 Å². The molecule has 1 amide bonds. The molecule has 0 unspecified atom stereocenters. The number of carbonyl (C=O) groups is 1. The molecule has 2 aromatic rings. The van der Waals surface area contributed by atoms with E-state index < -0.39 is 11.9 Å². The van der Waals surface area contributed by atoms with Crippen molar-refractivity contribution in [3.05, 3.63) is 71.8 Å². The standard InChI is InChI=1S/C23H29NO5/c1-23(28-13-8-14-29-23)15-21(18-26-16-19-9-4-2-5-10-19)24-22(25)27-17-20-11-6-3-7-12-20/h2-7,9-12,21H,8,13-18H2,1H3,(H,24,25)/t21-/m0/s1. The van der Waals surface area contributed by atoms with Gasteiger partial charge in [0.2, 0.25) is 0 Å². The molecular weight excluding hydrogens is 370 g/mol. The number of nitrogens with one attached hydrogen (secondary N) is 1. The molecule has 3 rings (SSSR count). The Labute approximate surface area is 172 Å². The van der Waals surface area contributed by atoms with Crippen molar-refractivity contribution in [2.75, 3.05) is 19.8 Å². The highest BCUT2D eigenvalue weighted by Gasteiger charge is 2.33. The van der Waals surface area contributed by atoms with E-state index >= 15 is 0 Å². The first-order valence-corrected chi connectivity index (χ1v) is 10.00. The Bertz CT molecular complexity index is 731. The summed E-state index contributed by atoms with van der Waals surface area (Å²) in [6.45, 7) is 4.20. The lowest BCUT2D eigenvalue weighted by Crippen LogP contribution is -2.47. The number of hydrogen-bond acceptors (Lipinski definition) is 5. The van der Waals surface area contributed by atoms with Gasteiger partial charge in [-0.15, -0.1) is 0 Å². The minimum absolute atomic E-state index is 0.217. The number of alkyl carbamates (subject to hydrolysis) is 1. The van der Waals surface area contributed by atoms with E-state index in [9.17, 15) is 4.79 Å². The average Bonchev–Trinajstić information content (AvgIpc) is 2.74. The quantitative estimate of drug-likeness (QED) is 0.689. The lowest BCUT2D eigenvalue weighted by atomic mass is 10.1. The van der Waals surface area contributed by atoms with Crippen molar-refractivity contribution in [3.8, 4) is 0 Å². The molecule has 1 heterocycles. The number of hydrogen-bond donors (Lipinski definition) is 1. The zero-order valence-corrected chi connectivity index (χ0v) is 16.8. The van der Waals surface area contributed by atoms with Crippen LogP contribution < -0.4 is 5.32 Å². The number of carbonyl (C=O) groups excluding carboxylic acids is 1. The van der Waals surface area contributed by atoms with E-state index in [2.05, 4.69) is 5.32 Å². The molecule has 2 aromatic carbocycles. The Morgan fingerprint density at radius 2 is 1.59 bits per heavy atom. The normalized spacial score (nSPS) is 16.7. The molecule has 1 aliphatic rings. The van der Waals surface area contributed by atoms with E-state index in [0.717, 1.165) is 17.5 Å². The minimum atomic E-state index is -0.744. The maximum atomic E-state index is 12.3. The lowest BCUT2D eigenvalue weighted by molar-refractivity contribution is -0.262. The van der Waals surface area contributed by atoms with Gasteiger partial charge in [0.15, 0.2) is 5.79 Å². The molecule has 1 fully saturated rings. The maximum absolute atomic E-state index is 12.3. The van der Waals surface area contributed by atoms with Crippen LogP contribution in [0.25, 0.3) is 0 Å². The molecule has 0 aromatic heterocycles. The molecule has 0 saturated carbocycles. The monoisotopic (exact) mass is 399 g/mol. The Hall–Kier alpha value is -2.41. The summed E-state index contributed by atoms with van der Waals surface area (Å²) in [6.07, 6.45) is 0.862. The second-order valence-corrected chi connectivity index (χ2v) is 7.29. The van der Waals surface area contributed by atoms with Gasteiger partial charge in [0, 0.05) is 6.42 Å². The van der Waals surface area contributed by atoms with Crippen LogP contribution in [-0.2, 0) is 32.2 Å². The van der Waals surface area contributed by atoms with E-state index in [1.807, 2.05) is 67.6 Å². The van der Waals surface area contributed by atoms with Crippen molar-refractivity contribution >= 4 is 6.09 Å². The molecule has 1 atom stereocenters. The summed E-state index contributed by atoms with van der Waals surface area (Å²) in [5.41, 5.74) is 2.01. The second-order valence-electron chi connectivity index (χ2n) is 7.29. The fraction of sp³-hybridized carbons (Fsp3) is 0.435. The Morgan fingerprint density at radius 3 is 2.21 bits per heavy atom. The van der Waals surface area contributed by atoms with Crippen LogP contribution in [0.4, 0.5) is 4.79 Å². The lowest BCUT2D eigenvalue weighted by Gasteiger charge is -2.36. The van der Waals surface area contributed by atoms with Gasteiger partial charge in [-0.25, -0.2) is 4.79 Å². The summed E-state index contributed by atoms with van der Waals surface area (Å²) >= 11 is 0. The van der Waals surface area contributed by atoms with E-state index in [1.165, 1.54) is 0 Å². The third-order valence-corrected chi connectivity index (χ3v) is 4.69. The molecule has 6 heteroatoms. The van der Waals surface area contributed by atoms with Gasteiger partial charge in [-0.2, -0.15) is 0 Å². The summed E-state index contributed by atoms with van der Waals surface area (Å²) < 4.78 is 22.8. The van der Waals surface area contributed by atoms with Crippen LogP contribution in [0, 0.1) is 0 Å². The number of benzene rings is 2. The minimum Gasteiger partial charge on any atom is -0.445 e. The zero-order chi connectivity index (χ0) is 20.4. The van der Waals surface area contributed by atoms with Crippen molar-refractivity contribution in [3.63, 3.8) is 0 Å². The topological polar surface area (TPSA) is 66.0 Å². The first kappa shape index (κ1) is 21.3. The second kappa shape index (κ2) is 11.0. The Kier molecular flexibility index (Phi) is 8.04. The summed E-state index contributed by atoms with van der Waals surface area (Å²) in [5.74, 6) is -0.744. The molecule has 0 radical (unpaired) electrons. The smallest absolute Gasteiger partial charge is 0.407 e. The van der Waals surface area contributed by atoms with Gasteiger partial charge in [0.1, 0.15) is 6.61 Å². The van der Waals surface area contributed by atoms with Crippen molar-refractivity contribution in [1.29, 1.82) is 0 Å². The third kappa shape index (κ3) is 7.49. The van der Waals surface area contributed by atoms with Gasteiger partial charge in [-0.05, 0) is 24.5 Å². The third-order valence-electron chi connectivity index (χ3n) is 4.69. The van der Waals surface area contributed by atoms with Crippen LogP contribution in [0.15, 0.2) is 60.7 Å². The fourth-order valence-corrected chi connectivity index (χ4v) is 3.22. The molecule has 29 heavy (non-hydrogen) atoms. The summed E-state index contributed by atoms with van der Waals surface area (Å²) in [4.78, 5) is 12.3. The van der Waals surface area contributed by atoms with E-state index in [0.29, 0.717) is 32.8 Å². The van der Waals surface area contributed by atoms with Crippen molar-refractivity contribution in [2.24, 2.45) is 0 Å². The van der Waals surface area contributed by atoms with Gasteiger partial charge in [0.25, 0.3) is 0 Å². The number of rotatable bonds is 9. The maximum Gasteiger partial charge on any atom is 0.407 e. The van der Waals surface area contributed by atoms with Crippen LogP contribution in [0.2, 0.25) is 0 Å². The highest BCUT2D eigenvalue weighted by Crippen LogP contribution is 2.24. The van der Waals surface area contributed by atoms with Crippen molar-refractivity contribution in [1.82, 2.24) is 5.32 Å². The van der Waals surface area contributed by atoms with Crippen LogP contribution in [0.1, 0.15) is 30.9 Å². The molecule has 0 aliphatic carbocycles. The largest absolute Gasteiger partial charge is 0.445 e. The van der Waals surface area contributed by atoms with Gasteiger partial charge >= 0.3 is 6.09 Å². The van der Waals surface area contributed by atoms with E-state index in [1.54, 1.807) is 0 Å². The van der Waals surface area contributed by atoms with Gasteiger partial charge in [-0.1, -0.05) is 60.7 Å².